The van der Waals surface area contributed by atoms with Gasteiger partial charge in [0.15, 0.2) is 0 Å². The van der Waals surface area contributed by atoms with Gasteiger partial charge in [0, 0.05) is 32.2 Å². The minimum absolute atomic E-state index is 0.158. The number of hydrogen-bond acceptors (Lipinski definition) is 6. The predicted molar refractivity (Wildman–Crippen MR) is 117 cm³/mol. The molecule has 2 atom stereocenters. The number of amides is 4. The Morgan fingerprint density at radius 3 is 2.39 bits per heavy atom. The Labute approximate surface area is 183 Å². The molecule has 0 N–H and O–H groups in total. The number of anilines is 1. The van der Waals surface area contributed by atoms with E-state index in [1.807, 2.05) is 25.1 Å². The van der Waals surface area contributed by atoms with Gasteiger partial charge in [-0.05, 0) is 37.8 Å². The Bertz CT molecular complexity index is 837. The van der Waals surface area contributed by atoms with Crippen LogP contribution in [0.25, 0.3) is 0 Å². The molecule has 0 bridgehead atoms. The Balaban J connectivity index is 1.38. The normalized spacial score (nSPS) is 25.5. The van der Waals surface area contributed by atoms with Crippen molar-refractivity contribution in [3.05, 3.63) is 24.3 Å². The third kappa shape index (κ3) is 4.26. The average Bonchev–Trinajstić information content (AvgIpc) is 2.99. The smallest absolute Gasteiger partial charge is 0.335 e. The molecule has 2 saturated heterocycles. The number of urea groups is 1. The lowest BCUT2D eigenvalue weighted by atomic mass is 9.85. The van der Waals surface area contributed by atoms with Gasteiger partial charge < -0.3 is 9.64 Å². The maximum absolute atomic E-state index is 13.0. The molecule has 2 aliphatic heterocycles. The second-order valence-electron chi connectivity index (χ2n) is 8.67. The number of ether oxygens (including phenoxy) is 1. The SMILES string of the molecule is CCOc1ccccc1N1CCN(CN2C(=O)C(=O)N([C@H]3CCCC[C@H]3C)C2=O)CC1. The number of carbonyl (C=O) groups is 3. The van der Waals surface area contributed by atoms with Crippen LogP contribution in [0.1, 0.15) is 39.5 Å². The van der Waals surface area contributed by atoms with Crippen molar-refractivity contribution in [2.45, 2.75) is 45.6 Å². The van der Waals surface area contributed by atoms with Crippen LogP contribution in [0, 0.1) is 5.92 Å². The van der Waals surface area contributed by atoms with Gasteiger partial charge in [0.25, 0.3) is 0 Å². The molecule has 0 radical (unpaired) electrons. The zero-order valence-electron chi connectivity index (χ0n) is 18.5. The van der Waals surface area contributed by atoms with Crippen molar-refractivity contribution in [2.75, 3.05) is 44.4 Å². The van der Waals surface area contributed by atoms with Crippen LogP contribution < -0.4 is 9.64 Å². The number of hydrogen-bond donors (Lipinski definition) is 0. The molecule has 4 rings (SSSR count). The molecule has 0 spiro atoms. The van der Waals surface area contributed by atoms with E-state index in [0.29, 0.717) is 19.7 Å². The van der Waals surface area contributed by atoms with E-state index in [0.717, 1.165) is 55.1 Å². The fourth-order valence-corrected chi connectivity index (χ4v) is 4.95. The summed E-state index contributed by atoms with van der Waals surface area (Å²) in [4.78, 5) is 44.9. The Hall–Kier alpha value is -2.61. The van der Waals surface area contributed by atoms with Gasteiger partial charge in [-0.15, -0.1) is 0 Å². The first kappa shape index (κ1) is 21.6. The van der Waals surface area contributed by atoms with Crippen LogP contribution in [-0.2, 0) is 9.59 Å². The van der Waals surface area contributed by atoms with Crippen molar-refractivity contribution in [1.82, 2.24) is 14.7 Å². The van der Waals surface area contributed by atoms with Crippen LogP contribution >= 0.6 is 0 Å². The molecule has 31 heavy (non-hydrogen) atoms. The van der Waals surface area contributed by atoms with Gasteiger partial charge in [0.05, 0.1) is 19.0 Å². The monoisotopic (exact) mass is 428 g/mol. The maximum Gasteiger partial charge on any atom is 0.335 e. The highest BCUT2D eigenvalue weighted by Crippen LogP contribution is 2.32. The first-order valence-corrected chi connectivity index (χ1v) is 11.4. The van der Waals surface area contributed by atoms with E-state index in [2.05, 4.69) is 22.8 Å². The van der Waals surface area contributed by atoms with Crippen LogP contribution in [0.2, 0.25) is 0 Å². The van der Waals surface area contributed by atoms with Gasteiger partial charge in [0.1, 0.15) is 5.75 Å². The summed E-state index contributed by atoms with van der Waals surface area (Å²) >= 11 is 0. The maximum atomic E-state index is 13.0. The molecule has 0 aromatic heterocycles. The highest BCUT2D eigenvalue weighted by atomic mass is 16.5. The summed E-state index contributed by atoms with van der Waals surface area (Å²) in [6, 6.07) is 7.38. The third-order valence-corrected chi connectivity index (χ3v) is 6.70. The summed E-state index contributed by atoms with van der Waals surface area (Å²) in [5.41, 5.74) is 1.06. The van der Waals surface area contributed by atoms with Crippen molar-refractivity contribution in [3.8, 4) is 5.75 Å². The predicted octanol–water partition coefficient (Wildman–Crippen LogP) is 2.53. The molecule has 4 amide bonds. The molecular weight excluding hydrogens is 396 g/mol. The minimum atomic E-state index is -0.688. The highest BCUT2D eigenvalue weighted by Gasteiger charge is 2.49. The topological polar surface area (TPSA) is 73.4 Å². The Kier molecular flexibility index (Phi) is 6.46. The zero-order chi connectivity index (χ0) is 22.0. The van der Waals surface area contributed by atoms with E-state index in [4.69, 9.17) is 4.74 Å². The van der Waals surface area contributed by atoms with Crippen molar-refractivity contribution >= 4 is 23.5 Å². The lowest BCUT2D eigenvalue weighted by Crippen LogP contribution is -2.52. The van der Waals surface area contributed by atoms with Gasteiger partial charge in [-0.2, -0.15) is 0 Å². The largest absolute Gasteiger partial charge is 0.492 e. The van der Waals surface area contributed by atoms with E-state index >= 15 is 0 Å². The average molecular weight is 429 g/mol. The molecule has 8 heteroatoms. The van der Waals surface area contributed by atoms with Gasteiger partial charge in [-0.1, -0.05) is 31.9 Å². The number of imide groups is 2. The van der Waals surface area contributed by atoms with Crippen molar-refractivity contribution in [1.29, 1.82) is 0 Å². The molecule has 8 nitrogen and oxygen atoms in total. The lowest BCUT2D eigenvalue weighted by Gasteiger charge is -2.38. The molecule has 2 heterocycles. The zero-order valence-corrected chi connectivity index (χ0v) is 18.5. The number of para-hydroxylation sites is 2. The van der Waals surface area contributed by atoms with E-state index < -0.39 is 17.8 Å². The Morgan fingerprint density at radius 2 is 1.68 bits per heavy atom. The molecule has 3 fully saturated rings. The van der Waals surface area contributed by atoms with E-state index in [-0.39, 0.29) is 18.6 Å². The van der Waals surface area contributed by atoms with Crippen molar-refractivity contribution in [3.63, 3.8) is 0 Å². The second-order valence-corrected chi connectivity index (χ2v) is 8.67. The number of rotatable bonds is 6. The van der Waals surface area contributed by atoms with Crippen LogP contribution in [0.15, 0.2) is 24.3 Å². The molecule has 1 aromatic carbocycles. The molecule has 0 unspecified atom stereocenters. The number of carbonyl (C=O) groups excluding carboxylic acids is 3. The summed E-state index contributed by atoms with van der Waals surface area (Å²) in [5.74, 6) is -0.241. The number of nitrogens with zero attached hydrogens (tertiary/aromatic N) is 4. The third-order valence-electron chi connectivity index (χ3n) is 6.70. The van der Waals surface area contributed by atoms with E-state index in [9.17, 15) is 14.4 Å². The Morgan fingerprint density at radius 1 is 0.968 bits per heavy atom. The van der Waals surface area contributed by atoms with Gasteiger partial charge in [-0.3, -0.25) is 19.4 Å². The fourth-order valence-electron chi connectivity index (χ4n) is 4.95. The van der Waals surface area contributed by atoms with Crippen LogP contribution in [-0.4, -0.2) is 78.0 Å². The molecule has 1 saturated carbocycles. The van der Waals surface area contributed by atoms with Crippen LogP contribution in [0.5, 0.6) is 5.75 Å². The molecule has 1 aromatic rings. The van der Waals surface area contributed by atoms with Gasteiger partial charge in [0.2, 0.25) is 0 Å². The quantitative estimate of drug-likeness (QED) is 0.512. The molecule has 3 aliphatic rings. The summed E-state index contributed by atoms with van der Waals surface area (Å²) in [6.45, 7) is 7.74. The second kappa shape index (κ2) is 9.26. The standard InChI is InChI=1S/C23H32N4O4/c1-3-31-20-11-7-6-10-19(20)25-14-12-24(13-15-25)16-26-21(28)22(29)27(23(26)30)18-9-5-4-8-17(18)2/h6-7,10-11,17-18H,3-5,8-9,12-16H2,1-2H3/t17-,18+/m1/s1. The summed E-state index contributed by atoms with van der Waals surface area (Å²) < 4.78 is 5.75. The molecule has 168 valence electrons. The molecular formula is C23H32N4O4. The summed E-state index contributed by atoms with van der Waals surface area (Å²) in [5, 5.41) is 0. The van der Waals surface area contributed by atoms with Crippen molar-refractivity contribution in [2.24, 2.45) is 5.92 Å². The summed E-state index contributed by atoms with van der Waals surface area (Å²) in [7, 11) is 0. The minimum Gasteiger partial charge on any atom is -0.492 e. The lowest BCUT2D eigenvalue weighted by molar-refractivity contribution is -0.145. The van der Waals surface area contributed by atoms with E-state index in [1.54, 1.807) is 0 Å². The highest BCUT2D eigenvalue weighted by molar-refractivity contribution is 6.44. The molecule has 1 aliphatic carbocycles. The van der Waals surface area contributed by atoms with E-state index in [1.165, 1.54) is 4.90 Å². The number of benzene rings is 1. The van der Waals surface area contributed by atoms with Gasteiger partial charge >= 0.3 is 17.8 Å². The van der Waals surface area contributed by atoms with Crippen LogP contribution in [0.3, 0.4) is 0 Å². The first-order valence-electron chi connectivity index (χ1n) is 11.4. The van der Waals surface area contributed by atoms with Gasteiger partial charge in [-0.25, -0.2) is 9.69 Å². The summed E-state index contributed by atoms with van der Waals surface area (Å²) in [6.07, 6.45) is 3.88. The number of piperazine rings is 1. The van der Waals surface area contributed by atoms with Crippen molar-refractivity contribution < 1.29 is 19.1 Å². The first-order chi connectivity index (χ1) is 15.0. The van der Waals surface area contributed by atoms with Crippen LogP contribution in [0.4, 0.5) is 10.5 Å². The fraction of sp³-hybridized carbons (Fsp3) is 0.609.